The van der Waals surface area contributed by atoms with Gasteiger partial charge in [0.05, 0.1) is 11.4 Å². The molecule has 0 aromatic heterocycles. The van der Waals surface area contributed by atoms with Crippen LogP contribution in [0.1, 0.15) is 13.8 Å². The Kier molecular flexibility index (Phi) is 3.61. The van der Waals surface area contributed by atoms with Crippen LogP contribution >= 0.6 is 0 Å². The zero-order valence-electron chi connectivity index (χ0n) is 9.62. The molecule has 0 fully saturated rings. The number of likely N-dealkylation sites (N-methyl/N-ethyl adjacent to an activating group) is 1. The van der Waals surface area contributed by atoms with E-state index in [0.29, 0.717) is 0 Å². The molecule has 0 saturated carbocycles. The fourth-order valence-corrected chi connectivity index (χ4v) is 1.31. The number of nitrogens with zero attached hydrogens (tertiary/aromatic N) is 1. The lowest BCUT2D eigenvalue weighted by Gasteiger charge is -2.20. The number of hydrogen-bond acceptors (Lipinski definition) is 3. The molecule has 1 aromatic rings. The van der Waals surface area contributed by atoms with Gasteiger partial charge in [-0.05, 0) is 32.0 Å². The van der Waals surface area contributed by atoms with Gasteiger partial charge in [0.15, 0.2) is 0 Å². The van der Waals surface area contributed by atoms with Crippen LogP contribution in [0.15, 0.2) is 29.8 Å². The van der Waals surface area contributed by atoms with Gasteiger partial charge in [0, 0.05) is 19.3 Å². The molecule has 0 saturated heterocycles. The van der Waals surface area contributed by atoms with E-state index < -0.39 is 0 Å². The number of hydrogen-bond donors (Lipinski definition) is 2. The summed E-state index contributed by atoms with van der Waals surface area (Å²) in [5, 5.41) is 0. The van der Waals surface area contributed by atoms with E-state index in [-0.39, 0.29) is 0 Å². The van der Waals surface area contributed by atoms with Gasteiger partial charge in [-0.3, -0.25) is 0 Å². The highest BCUT2D eigenvalue weighted by Crippen LogP contribution is 2.24. The number of nitrogens with two attached hydrogens (primary N) is 2. The number of benzene rings is 1. The number of rotatable bonds is 3. The molecule has 0 bridgehead atoms. The predicted molar refractivity (Wildman–Crippen MR) is 68.0 cm³/mol. The van der Waals surface area contributed by atoms with Crippen molar-refractivity contribution in [1.29, 1.82) is 0 Å². The second-order valence-corrected chi connectivity index (χ2v) is 3.98. The van der Waals surface area contributed by atoms with Crippen molar-refractivity contribution in [2.75, 3.05) is 30.0 Å². The Bertz CT molecular complexity index is 365. The standard InChI is InChI=1S/C12H19N3/c1-9(2)6-7-15(3)12-8-10(13)4-5-11(12)14/h4-6,8H,7,13-14H2,1-3H3. The largest absolute Gasteiger partial charge is 0.399 e. The van der Waals surface area contributed by atoms with Crippen molar-refractivity contribution in [3.8, 4) is 0 Å². The summed E-state index contributed by atoms with van der Waals surface area (Å²) in [6, 6.07) is 5.55. The number of anilines is 3. The van der Waals surface area contributed by atoms with Crippen molar-refractivity contribution in [2.24, 2.45) is 0 Å². The third-order valence-electron chi connectivity index (χ3n) is 2.24. The maximum atomic E-state index is 5.88. The Hall–Kier alpha value is -1.64. The zero-order valence-corrected chi connectivity index (χ0v) is 9.62. The molecule has 1 aromatic carbocycles. The van der Waals surface area contributed by atoms with Gasteiger partial charge >= 0.3 is 0 Å². The van der Waals surface area contributed by atoms with Crippen molar-refractivity contribution >= 4 is 17.1 Å². The van der Waals surface area contributed by atoms with Gasteiger partial charge in [0.1, 0.15) is 0 Å². The fourth-order valence-electron chi connectivity index (χ4n) is 1.31. The molecular weight excluding hydrogens is 186 g/mol. The van der Waals surface area contributed by atoms with Crippen LogP contribution in [0.5, 0.6) is 0 Å². The van der Waals surface area contributed by atoms with E-state index in [1.165, 1.54) is 5.57 Å². The van der Waals surface area contributed by atoms with Gasteiger partial charge in [-0.1, -0.05) is 11.6 Å². The first-order valence-corrected chi connectivity index (χ1v) is 5.00. The lowest BCUT2D eigenvalue weighted by Crippen LogP contribution is -2.18. The maximum absolute atomic E-state index is 5.88. The average molecular weight is 205 g/mol. The first-order valence-electron chi connectivity index (χ1n) is 5.00. The van der Waals surface area contributed by atoms with Crippen LogP contribution in [0.2, 0.25) is 0 Å². The van der Waals surface area contributed by atoms with Crippen LogP contribution < -0.4 is 16.4 Å². The summed E-state index contributed by atoms with van der Waals surface area (Å²) in [6.45, 7) is 5.00. The van der Waals surface area contributed by atoms with Crippen LogP contribution in [-0.4, -0.2) is 13.6 Å². The molecule has 0 atom stereocenters. The van der Waals surface area contributed by atoms with Crippen LogP contribution in [0.25, 0.3) is 0 Å². The van der Waals surface area contributed by atoms with Gasteiger partial charge in [0.25, 0.3) is 0 Å². The highest BCUT2D eigenvalue weighted by atomic mass is 15.1. The Morgan fingerprint density at radius 2 is 2.00 bits per heavy atom. The Morgan fingerprint density at radius 3 is 2.60 bits per heavy atom. The zero-order chi connectivity index (χ0) is 11.4. The van der Waals surface area contributed by atoms with E-state index in [1.807, 2.05) is 25.2 Å². The molecule has 0 heterocycles. The fraction of sp³-hybridized carbons (Fsp3) is 0.333. The first-order chi connectivity index (χ1) is 7.00. The smallest absolute Gasteiger partial charge is 0.0620 e. The van der Waals surface area contributed by atoms with Gasteiger partial charge in [-0.2, -0.15) is 0 Å². The van der Waals surface area contributed by atoms with E-state index in [2.05, 4.69) is 24.8 Å². The maximum Gasteiger partial charge on any atom is 0.0620 e. The van der Waals surface area contributed by atoms with Crippen molar-refractivity contribution < 1.29 is 0 Å². The minimum Gasteiger partial charge on any atom is -0.399 e. The van der Waals surface area contributed by atoms with Gasteiger partial charge in [0.2, 0.25) is 0 Å². The number of nitrogen functional groups attached to an aromatic ring is 2. The van der Waals surface area contributed by atoms with Gasteiger partial charge in [-0.25, -0.2) is 0 Å². The Labute approximate surface area is 91.4 Å². The highest BCUT2D eigenvalue weighted by molar-refractivity contribution is 5.71. The third kappa shape index (κ3) is 3.20. The molecule has 15 heavy (non-hydrogen) atoms. The molecule has 0 amide bonds. The van der Waals surface area contributed by atoms with Gasteiger partial charge in [-0.15, -0.1) is 0 Å². The molecule has 0 aliphatic carbocycles. The summed E-state index contributed by atoms with van der Waals surface area (Å²) < 4.78 is 0. The summed E-state index contributed by atoms with van der Waals surface area (Å²) >= 11 is 0. The molecule has 0 unspecified atom stereocenters. The summed E-state index contributed by atoms with van der Waals surface area (Å²) in [5.41, 5.74) is 15.4. The van der Waals surface area contributed by atoms with Crippen molar-refractivity contribution in [3.05, 3.63) is 29.8 Å². The lowest BCUT2D eigenvalue weighted by atomic mass is 10.2. The molecule has 0 aliphatic rings. The normalized spacial score (nSPS) is 9.80. The second-order valence-electron chi connectivity index (χ2n) is 3.98. The summed E-state index contributed by atoms with van der Waals surface area (Å²) in [6.07, 6.45) is 2.16. The molecule has 3 nitrogen and oxygen atoms in total. The van der Waals surface area contributed by atoms with Crippen molar-refractivity contribution in [2.45, 2.75) is 13.8 Å². The van der Waals surface area contributed by atoms with Crippen molar-refractivity contribution in [3.63, 3.8) is 0 Å². The van der Waals surface area contributed by atoms with Crippen LogP contribution in [0.3, 0.4) is 0 Å². The predicted octanol–water partition coefficient (Wildman–Crippen LogP) is 2.25. The molecule has 0 spiro atoms. The van der Waals surface area contributed by atoms with E-state index >= 15 is 0 Å². The summed E-state index contributed by atoms with van der Waals surface area (Å²) in [7, 11) is 2.00. The number of allylic oxidation sites excluding steroid dienone is 1. The van der Waals surface area contributed by atoms with Crippen LogP contribution in [-0.2, 0) is 0 Å². The quantitative estimate of drug-likeness (QED) is 0.588. The average Bonchev–Trinajstić information content (AvgIpc) is 2.18. The second kappa shape index (κ2) is 4.73. The van der Waals surface area contributed by atoms with Crippen molar-refractivity contribution in [1.82, 2.24) is 0 Å². The van der Waals surface area contributed by atoms with E-state index in [9.17, 15) is 0 Å². The van der Waals surface area contributed by atoms with E-state index in [4.69, 9.17) is 11.5 Å². The highest BCUT2D eigenvalue weighted by Gasteiger charge is 2.03. The molecule has 4 N–H and O–H groups in total. The van der Waals surface area contributed by atoms with Crippen LogP contribution in [0.4, 0.5) is 17.1 Å². The molecule has 82 valence electrons. The van der Waals surface area contributed by atoms with E-state index in [1.54, 1.807) is 0 Å². The topological polar surface area (TPSA) is 55.3 Å². The lowest BCUT2D eigenvalue weighted by molar-refractivity contribution is 1.02. The monoisotopic (exact) mass is 205 g/mol. The van der Waals surface area contributed by atoms with Gasteiger partial charge < -0.3 is 16.4 Å². The summed E-state index contributed by atoms with van der Waals surface area (Å²) in [5.74, 6) is 0. The van der Waals surface area contributed by atoms with Crippen LogP contribution in [0, 0.1) is 0 Å². The molecular formula is C12H19N3. The molecule has 3 heteroatoms. The molecule has 1 rings (SSSR count). The Balaban J connectivity index is 2.85. The minimum atomic E-state index is 0.739. The molecule has 0 aliphatic heterocycles. The first kappa shape index (κ1) is 11.4. The Morgan fingerprint density at radius 1 is 1.33 bits per heavy atom. The summed E-state index contributed by atoms with van der Waals surface area (Å²) in [4.78, 5) is 2.08. The third-order valence-corrected chi connectivity index (χ3v) is 2.24. The minimum absolute atomic E-state index is 0.739. The van der Waals surface area contributed by atoms with E-state index in [0.717, 1.165) is 23.6 Å². The SMILES string of the molecule is CC(C)=CCN(C)c1cc(N)ccc1N. The molecule has 0 radical (unpaired) electrons.